The van der Waals surface area contributed by atoms with Crippen LogP contribution in [0.2, 0.25) is 0 Å². The molecular weight excluding hydrogens is 250 g/mol. The van der Waals surface area contributed by atoms with Crippen molar-refractivity contribution in [3.63, 3.8) is 0 Å². The summed E-state index contributed by atoms with van der Waals surface area (Å²) in [6.07, 6.45) is 0. The molecule has 0 spiro atoms. The van der Waals surface area contributed by atoms with E-state index in [1.165, 1.54) is 24.3 Å². The third-order valence-corrected chi connectivity index (χ3v) is 2.61. The predicted molar refractivity (Wildman–Crippen MR) is 66.3 cm³/mol. The molecular formula is C14H10F2N2O. The Labute approximate surface area is 108 Å². The fourth-order valence-corrected chi connectivity index (χ4v) is 1.61. The number of benzene rings is 2. The van der Waals surface area contributed by atoms with Gasteiger partial charge in [0, 0.05) is 11.3 Å². The maximum absolute atomic E-state index is 13.5. The average Bonchev–Trinajstić information content (AvgIpc) is 2.38. The molecule has 2 aromatic rings. The number of ether oxygens (including phenoxy) is 1. The number of rotatable bonds is 3. The molecule has 0 bridgehead atoms. The predicted octanol–water partition coefficient (Wildman–Crippen LogP) is 3.00. The van der Waals surface area contributed by atoms with Crippen LogP contribution in [0.4, 0.5) is 14.5 Å². The van der Waals surface area contributed by atoms with Crippen molar-refractivity contribution in [1.29, 1.82) is 5.26 Å². The molecule has 0 amide bonds. The maximum Gasteiger partial charge on any atom is 0.144 e. The highest BCUT2D eigenvalue weighted by Gasteiger charge is 2.11. The van der Waals surface area contributed by atoms with Crippen molar-refractivity contribution >= 4 is 5.69 Å². The lowest BCUT2D eigenvalue weighted by Gasteiger charge is -2.10. The highest BCUT2D eigenvalue weighted by atomic mass is 19.1. The van der Waals surface area contributed by atoms with Gasteiger partial charge in [0.1, 0.15) is 35.6 Å². The van der Waals surface area contributed by atoms with Crippen molar-refractivity contribution in [3.8, 4) is 11.8 Å². The molecule has 0 aromatic heterocycles. The molecule has 0 atom stereocenters. The van der Waals surface area contributed by atoms with Gasteiger partial charge in [-0.3, -0.25) is 0 Å². The van der Waals surface area contributed by atoms with E-state index in [4.69, 9.17) is 15.7 Å². The molecule has 0 saturated carbocycles. The van der Waals surface area contributed by atoms with E-state index in [-0.39, 0.29) is 29.2 Å². The summed E-state index contributed by atoms with van der Waals surface area (Å²) >= 11 is 0. The lowest BCUT2D eigenvalue weighted by atomic mass is 10.1. The van der Waals surface area contributed by atoms with E-state index >= 15 is 0 Å². The number of nitrogens with two attached hydrogens (primary N) is 1. The summed E-state index contributed by atoms with van der Waals surface area (Å²) < 4.78 is 32.1. The number of hydrogen-bond donors (Lipinski definition) is 1. The van der Waals surface area contributed by atoms with Crippen molar-refractivity contribution in [2.45, 2.75) is 6.61 Å². The molecule has 5 heteroatoms. The summed E-state index contributed by atoms with van der Waals surface area (Å²) in [5.74, 6) is -1.12. The number of halogens is 2. The van der Waals surface area contributed by atoms with E-state index in [0.29, 0.717) is 0 Å². The van der Waals surface area contributed by atoms with Gasteiger partial charge in [0.05, 0.1) is 0 Å². The van der Waals surface area contributed by atoms with Crippen LogP contribution in [0.25, 0.3) is 0 Å². The second-order valence-electron chi connectivity index (χ2n) is 3.82. The summed E-state index contributed by atoms with van der Waals surface area (Å²) in [4.78, 5) is 0. The minimum atomic E-state index is -0.679. The first-order chi connectivity index (χ1) is 9.13. The highest BCUT2D eigenvalue weighted by Crippen LogP contribution is 2.23. The third kappa shape index (κ3) is 2.63. The Bertz CT molecular complexity index is 630. The number of nitrogens with zero attached hydrogens (tertiary/aromatic N) is 1. The van der Waals surface area contributed by atoms with Crippen LogP contribution in [0.3, 0.4) is 0 Å². The second kappa shape index (κ2) is 5.36. The standard InChI is InChI=1S/C14H10F2N2O/c15-11-4-2-6-14(9(11)7-17)19-8-10-12(16)3-1-5-13(10)18/h1-6H,8,18H2. The van der Waals surface area contributed by atoms with Gasteiger partial charge in [-0.1, -0.05) is 12.1 Å². The van der Waals surface area contributed by atoms with Crippen LogP contribution in [0.15, 0.2) is 36.4 Å². The van der Waals surface area contributed by atoms with E-state index in [9.17, 15) is 8.78 Å². The number of anilines is 1. The molecule has 19 heavy (non-hydrogen) atoms. The van der Waals surface area contributed by atoms with E-state index in [2.05, 4.69) is 0 Å². The van der Waals surface area contributed by atoms with Crippen molar-refractivity contribution in [1.82, 2.24) is 0 Å². The van der Waals surface area contributed by atoms with E-state index in [1.807, 2.05) is 0 Å². The van der Waals surface area contributed by atoms with Crippen molar-refractivity contribution in [2.24, 2.45) is 0 Å². The lowest BCUT2D eigenvalue weighted by Crippen LogP contribution is -2.04. The molecule has 0 aliphatic rings. The zero-order valence-electron chi connectivity index (χ0n) is 9.86. The third-order valence-electron chi connectivity index (χ3n) is 2.61. The topological polar surface area (TPSA) is 59.0 Å². The number of nitrogen functional groups attached to an aromatic ring is 1. The van der Waals surface area contributed by atoms with E-state index in [1.54, 1.807) is 12.1 Å². The molecule has 2 aromatic carbocycles. The Balaban J connectivity index is 2.25. The molecule has 0 saturated heterocycles. The molecule has 0 aliphatic heterocycles. The van der Waals surface area contributed by atoms with Gasteiger partial charge < -0.3 is 10.5 Å². The fourth-order valence-electron chi connectivity index (χ4n) is 1.61. The van der Waals surface area contributed by atoms with Crippen molar-refractivity contribution in [3.05, 3.63) is 59.2 Å². The van der Waals surface area contributed by atoms with Crippen LogP contribution >= 0.6 is 0 Å². The Morgan fingerprint density at radius 1 is 1.11 bits per heavy atom. The molecule has 0 radical (unpaired) electrons. The summed E-state index contributed by atoms with van der Waals surface area (Å²) in [6, 6.07) is 10.00. The van der Waals surface area contributed by atoms with Gasteiger partial charge in [-0.25, -0.2) is 8.78 Å². The van der Waals surface area contributed by atoms with E-state index in [0.717, 1.165) is 6.07 Å². The Hall–Kier alpha value is -2.61. The fraction of sp³-hybridized carbons (Fsp3) is 0.0714. The number of hydrogen-bond acceptors (Lipinski definition) is 3. The second-order valence-corrected chi connectivity index (χ2v) is 3.82. The zero-order chi connectivity index (χ0) is 13.8. The molecule has 0 aliphatic carbocycles. The monoisotopic (exact) mass is 260 g/mol. The Morgan fingerprint density at radius 3 is 2.47 bits per heavy atom. The van der Waals surface area contributed by atoms with Gasteiger partial charge >= 0.3 is 0 Å². The summed E-state index contributed by atoms with van der Waals surface area (Å²) in [5.41, 5.74) is 5.84. The average molecular weight is 260 g/mol. The van der Waals surface area contributed by atoms with Gasteiger partial charge in [-0.2, -0.15) is 5.26 Å². The van der Waals surface area contributed by atoms with Crippen LogP contribution in [0, 0.1) is 23.0 Å². The minimum Gasteiger partial charge on any atom is -0.487 e. The molecule has 2 rings (SSSR count). The Kier molecular flexibility index (Phi) is 3.62. The molecule has 0 fully saturated rings. The first kappa shape index (κ1) is 12.8. The molecule has 0 unspecified atom stereocenters. The van der Waals surface area contributed by atoms with Crippen LogP contribution in [-0.4, -0.2) is 0 Å². The van der Waals surface area contributed by atoms with Gasteiger partial charge in [0.15, 0.2) is 0 Å². The minimum absolute atomic E-state index is 0.0603. The van der Waals surface area contributed by atoms with Crippen molar-refractivity contribution < 1.29 is 13.5 Å². The largest absolute Gasteiger partial charge is 0.487 e. The van der Waals surface area contributed by atoms with E-state index < -0.39 is 11.6 Å². The summed E-state index contributed by atoms with van der Waals surface area (Å²) in [7, 11) is 0. The zero-order valence-corrected chi connectivity index (χ0v) is 9.86. The molecule has 2 N–H and O–H groups in total. The molecule has 0 heterocycles. The van der Waals surface area contributed by atoms with Crippen molar-refractivity contribution in [2.75, 3.05) is 5.73 Å². The van der Waals surface area contributed by atoms with Gasteiger partial charge in [0.2, 0.25) is 0 Å². The SMILES string of the molecule is N#Cc1c(F)cccc1OCc1c(N)cccc1F. The highest BCUT2D eigenvalue weighted by molar-refractivity contribution is 5.48. The maximum atomic E-state index is 13.5. The van der Waals surface area contributed by atoms with Crippen LogP contribution < -0.4 is 10.5 Å². The van der Waals surface area contributed by atoms with Crippen LogP contribution in [0.5, 0.6) is 5.75 Å². The van der Waals surface area contributed by atoms with Crippen LogP contribution in [-0.2, 0) is 6.61 Å². The van der Waals surface area contributed by atoms with Gasteiger partial charge in [-0.05, 0) is 24.3 Å². The Morgan fingerprint density at radius 2 is 1.79 bits per heavy atom. The van der Waals surface area contributed by atoms with Crippen LogP contribution in [0.1, 0.15) is 11.1 Å². The summed E-state index contributed by atoms with van der Waals surface area (Å²) in [5, 5.41) is 8.84. The lowest BCUT2D eigenvalue weighted by molar-refractivity contribution is 0.298. The number of nitriles is 1. The first-order valence-corrected chi connectivity index (χ1v) is 5.47. The van der Waals surface area contributed by atoms with Gasteiger partial charge in [0.25, 0.3) is 0 Å². The smallest absolute Gasteiger partial charge is 0.144 e. The summed E-state index contributed by atoms with van der Waals surface area (Å²) in [6.45, 7) is -0.170. The normalized spacial score (nSPS) is 9.95. The molecule has 96 valence electrons. The first-order valence-electron chi connectivity index (χ1n) is 5.47. The molecule has 3 nitrogen and oxygen atoms in total. The quantitative estimate of drug-likeness (QED) is 0.863. The van der Waals surface area contributed by atoms with Gasteiger partial charge in [-0.15, -0.1) is 0 Å².